The molecule has 4 heteroatoms. The van der Waals surface area contributed by atoms with Gasteiger partial charge in [-0.1, -0.05) is 29.4 Å². The number of nitrogens with zero attached hydrogens (tertiary/aromatic N) is 3. The van der Waals surface area contributed by atoms with Crippen molar-refractivity contribution < 1.29 is 5.11 Å². The molecule has 1 aromatic carbocycles. The summed E-state index contributed by atoms with van der Waals surface area (Å²) in [7, 11) is 0. The summed E-state index contributed by atoms with van der Waals surface area (Å²) in [4.78, 5) is 2.66. The van der Waals surface area contributed by atoms with Crippen LogP contribution in [0.3, 0.4) is 0 Å². The fourth-order valence-electron chi connectivity index (χ4n) is 1.23. The zero-order chi connectivity index (χ0) is 11.1. The summed E-state index contributed by atoms with van der Waals surface area (Å²) in [6, 6.07) is 5.76. The molecule has 0 fully saturated rings. The third-order valence-corrected chi connectivity index (χ3v) is 2.07. The van der Waals surface area contributed by atoms with E-state index < -0.39 is 0 Å². The highest BCUT2D eigenvalue weighted by atomic mass is 16.3. The van der Waals surface area contributed by atoms with Crippen molar-refractivity contribution in [2.24, 2.45) is 5.11 Å². The Morgan fingerprint density at radius 1 is 1.53 bits per heavy atom. The SMILES string of the molecule is Cc1ccc(CO)cc1C=CCN=[N+]=[N-]. The van der Waals surface area contributed by atoms with E-state index in [1.54, 1.807) is 6.08 Å². The average molecular weight is 203 g/mol. The molecule has 0 aliphatic carbocycles. The first-order valence-corrected chi connectivity index (χ1v) is 4.65. The zero-order valence-corrected chi connectivity index (χ0v) is 8.59. The lowest BCUT2D eigenvalue weighted by atomic mass is 10.0. The summed E-state index contributed by atoms with van der Waals surface area (Å²) in [5.41, 5.74) is 11.1. The Labute approximate surface area is 88.5 Å². The van der Waals surface area contributed by atoms with E-state index in [0.29, 0.717) is 6.54 Å². The molecule has 1 N–H and O–H groups in total. The lowest BCUT2D eigenvalue weighted by molar-refractivity contribution is 0.282. The van der Waals surface area contributed by atoms with Crippen molar-refractivity contribution in [2.75, 3.05) is 6.54 Å². The van der Waals surface area contributed by atoms with Crippen molar-refractivity contribution in [3.8, 4) is 0 Å². The van der Waals surface area contributed by atoms with Crippen LogP contribution in [0.15, 0.2) is 29.4 Å². The van der Waals surface area contributed by atoms with Gasteiger partial charge in [0.05, 0.1) is 6.61 Å². The molecule has 0 bridgehead atoms. The Kier molecular flexibility index (Phi) is 4.41. The standard InChI is InChI=1S/C11H13N3O/c1-9-4-5-10(8-15)7-11(9)3-2-6-13-14-12/h2-5,7,15H,6,8H2,1H3. The predicted molar refractivity (Wildman–Crippen MR) is 60.1 cm³/mol. The molecule has 15 heavy (non-hydrogen) atoms. The molecule has 0 aliphatic heterocycles. The molecule has 4 nitrogen and oxygen atoms in total. The summed E-state index contributed by atoms with van der Waals surface area (Å²) in [6.07, 6.45) is 3.69. The van der Waals surface area contributed by atoms with Crippen molar-refractivity contribution in [3.05, 3.63) is 51.4 Å². The largest absolute Gasteiger partial charge is 0.392 e. The van der Waals surface area contributed by atoms with Gasteiger partial charge >= 0.3 is 0 Å². The molecule has 0 unspecified atom stereocenters. The quantitative estimate of drug-likeness (QED) is 0.456. The van der Waals surface area contributed by atoms with Crippen LogP contribution in [0.1, 0.15) is 16.7 Å². The van der Waals surface area contributed by atoms with Crippen LogP contribution in [-0.2, 0) is 6.61 Å². The summed E-state index contributed by atoms with van der Waals surface area (Å²) in [5, 5.41) is 12.4. The monoisotopic (exact) mass is 203 g/mol. The smallest absolute Gasteiger partial charge is 0.0682 e. The van der Waals surface area contributed by atoms with Crippen LogP contribution in [0.4, 0.5) is 0 Å². The molecule has 1 aromatic rings. The minimum atomic E-state index is 0.0392. The minimum absolute atomic E-state index is 0.0392. The van der Waals surface area contributed by atoms with E-state index in [1.165, 1.54) is 0 Å². The van der Waals surface area contributed by atoms with Crippen LogP contribution in [0, 0.1) is 6.92 Å². The summed E-state index contributed by atoms with van der Waals surface area (Å²) in [5.74, 6) is 0. The first kappa shape index (κ1) is 11.3. The molecular weight excluding hydrogens is 190 g/mol. The lowest BCUT2D eigenvalue weighted by Gasteiger charge is -2.02. The van der Waals surface area contributed by atoms with Crippen molar-refractivity contribution in [3.63, 3.8) is 0 Å². The number of aliphatic hydroxyl groups is 1. The number of benzene rings is 1. The molecule has 78 valence electrons. The number of hydrogen-bond acceptors (Lipinski definition) is 2. The number of rotatable bonds is 4. The Morgan fingerprint density at radius 3 is 3.00 bits per heavy atom. The Morgan fingerprint density at radius 2 is 2.33 bits per heavy atom. The Bertz CT molecular complexity index is 406. The summed E-state index contributed by atoms with van der Waals surface area (Å²) >= 11 is 0. The maximum Gasteiger partial charge on any atom is 0.0682 e. The van der Waals surface area contributed by atoms with Gasteiger partial charge in [0, 0.05) is 11.5 Å². The minimum Gasteiger partial charge on any atom is -0.392 e. The molecule has 0 atom stereocenters. The van der Waals surface area contributed by atoms with Gasteiger partial charge in [-0.2, -0.15) is 0 Å². The third-order valence-electron chi connectivity index (χ3n) is 2.07. The molecule has 0 amide bonds. The van der Waals surface area contributed by atoms with Crippen molar-refractivity contribution >= 4 is 6.08 Å². The van der Waals surface area contributed by atoms with E-state index in [9.17, 15) is 0 Å². The van der Waals surface area contributed by atoms with Gasteiger partial charge in [-0.05, 0) is 35.2 Å². The second-order valence-corrected chi connectivity index (χ2v) is 3.16. The first-order valence-electron chi connectivity index (χ1n) is 4.65. The number of hydrogen-bond donors (Lipinski definition) is 1. The highest BCUT2D eigenvalue weighted by Gasteiger charge is 1.95. The number of aliphatic hydroxyl groups excluding tert-OH is 1. The molecular formula is C11H13N3O. The van der Waals surface area contributed by atoms with Crippen LogP contribution in [0.25, 0.3) is 16.5 Å². The third kappa shape index (κ3) is 3.46. The van der Waals surface area contributed by atoms with E-state index in [0.717, 1.165) is 16.7 Å². The van der Waals surface area contributed by atoms with E-state index >= 15 is 0 Å². The Balaban J connectivity index is 2.83. The normalized spacial score (nSPS) is 10.3. The first-order chi connectivity index (χ1) is 7.27. The van der Waals surface area contributed by atoms with Gasteiger partial charge in [0.15, 0.2) is 0 Å². The van der Waals surface area contributed by atoms with Crippen LogP contribution in [0.5, 0.6) is 0 Å². The van der Waals surface area contributed by atoms with Crippen molar-refractivity contribution in [2.45, 2.75) is 13.5 Å². The van der Waals surface area contributed by atoms with Crippen LogP contribution in [0.2, 0.25) is 0 Å². The average Bonchev–Trinajstić information content (AvgIpc) is 2.26. The van der Waals surface area contributed by atoms with Gasteiger partial charge in [0.1, 0.15) is 0 Å². The zero-order valence-electron chi connectivity index (χ0n) is 8.59. The van der Waals surface area contributed by atoms with E-state index in [2.05, 4.69) is 10.0 Å². The molecule has 0 aromatic heterocycles. The van der Waals surface area contributed by atoms with Crippen molar-refractivity contribution in [1.82, 2.24) is 0 Å². The lowest BCUT2D eigenvalue weighted by Crippen LogP contribution is -1.87. The van der Waals surface area contributed by atoms with Gasteiger partial charge in [0.25, 0.3) is 0 Å². The summed E-state index contributed by atoms with van der Waals surface area (Å²) < 4.78 is 0. The van der Waals surface area contributed by atoms with Gasteiger partial charge in [-0.3, -0.25) is 0 Å². The molecule has 1 rings (SSSR count). The maximum absolute atomic E-state index is 8.97. The molecule has 0 saturated carbocycles. The number of aryl methyl sites for hydroxylation is 1. The van der Waals surface area contributed by atoms with Gasteiger partial charge in [-0.25, -0.2) is 0 Å². The molecule has 0 spiro atoms. The second kappa shape index (κ2) is 5.86. The van der Waals surface area contributed by atoms with E-state index in [4.69, 9.17) is 10.6 Å². The fraction of sp³-hybridized carbons (Fsp3) is 0.273. The maximum atomic E-state index is 8.97. The topological polar surface area (TPSA) is 69.0 Å². The molecule has 0 saturated heterocycles. The predicted octanol–water partition coefficient (Wildman–Crippen LogP) is 2.81. The van der Waals surface area contributed by atoms with Crippen LogP contribution in [-0.4, -0.2) is 11.7 Å². The van der Waals surface area contributed by atoms with E-state index in [1.807, 2.05) is 31.2 Å². The van der Waals surface area contributed by atoms with Gasteiger partial charge in [0.2, 0.25) is 0 Å². The highest BCUT2D eigenvalue weighted by Crippen LogP contribution is 2.12. The van der Waals surface area contributed by atoms with Crippen LogP contribution < -0.4 is 0 Å². The molecule has 0 radical (unpaired) electrons. The van der Waals surface area contributed by atoms with E-state index in [-0.39, 0.29) is 6.61 Å². The van der Waals surface area contributed by atoms with Gasteiger partial charge in [-0.15, -0.1) is 0 Å². The molecule has 0 heterocycles. The fourth-order valence-corrected chi connectivity index (χ4v) is 1.23. The molecule has 0 aliphatic rings. The Hall–Kier alpha value is -1.77. The second-order valence-electron chi connectivity index (χ2n) is 3.16. The highest BCUT2D eigenvalue weighted by molar-refractivity contribution is 5.54. The van der Waals surface area contributed by atoms with Gasteiger partial charge < -0.3 is 5.11 Å². The number of azide groups is 1. The van der Waals surface area contributed by atoms with Crippen molar-refractivity contribution in [1.29, 1.82) is 0 Å². The summed E-state index contributed by atoms with van der Waals surface area (Å²) in [6.45, 7) is 2.38. The van der Waals surface area contributed by atoms with Crippen LogP contribution >= 0.6 is 0 Å².